The monoisotopic (exact) mass is 337 g/mol. The van der Waals surface area contributed by atoms with Gasteiger partial charge in [-0.15, -0.1) is 0 Å². The van der Waals surface area contributed by atoms with E-state index in [4.69, 9.17) is 0 Å². The largest absolute Gasteiger partial charge is 0.323 e. The van der Waals surface area contributed by atoms with Gasteiger partial charge in [0.25, 0.3) is 5.69 Å². The number of amides is 2. The van der Waals surface area contributed by atoms with Gasteiger partial charge in [-0.05, 0) is 11.6 Å². The van der Waals surface area contributed by atoms with Crippen LogP contribution in [-0.2, 0) is 6.54 Å². The predicted molar refractivity (Wildman–Crippen MR) is 93.5 cm³/mol. The number of benzene rings is 2. The number of nitrogens with one attached hydrogen (secondary N) is 2. The number of aromatic nitrogens is 2. The van der Waals surface area contributed by atoms with Gasteiger partial charge in [0.1, 0.15) is 0 Å². The lowest BCUT2D eigenvalue weighted by molar-refractivity contribution is -0.384. The predicted octanol–water partition coefficient (Wildman–Crippen LogP) is 3.48. The summed E-state index contributed by atoms with van der Waals surface area (Å²) in [5.41, 5.74) is 1.87. The third-order valence-corrected chi connectivity index (χ3v) is 3.39. The van der Waals surface area contributed by atoms with Crippen molar-refractivity contribution in [3.8, 4) is 0 Å². The van der Waals surface area contributed by atoms with Crippen LogP contribution in [0.25, 0.3) is 0 Å². The molecule has 0 unspecified atom stereocenters. The summed E-state index contributed by atoms with van der Waals surface area (Å²) in [4.78, 5) is 22.2. The van der Waals surface area contributed by atoms with Crippen molar-refractivity contribution in [2.24, 2.45) is 0 Å². The van der Waals surface area contributed by atoms with Crippen molar-refractivity contribution in [3.05, 3.63) is 82.7 Å². The molecule has 0 aliphatic rings. The molecule has 2 N–H and O–H groups in total. The Balaban J connectivity index is 1.60. The summed E-state index contributed by atoms with van der Waals surface area (Å²) in [6, 6.07) is 15.0. The van der Waals surface area contributed by atoms with Crippen LogP contribution in [0.4, 0.5) is 21.9 Å². The Morgan fingerprint density at radius 1 is 1.08 bits per heavy atom. The van der Waals surface area contributed by atoms with Crippen molar-refractivity contribution in [2.45, 2.75) is 6.54 Å². The molecule has 0 aliphatic carbocycles. The number of non-ortho nitro benzene ring substituents is 1. The Morgan fingerprint density at radius 3 is 2.60 bits per heavy atom. The molecule has 1 heterocycles. The minimum absolute atomic E-state index is 0.0894. The van der Waals surface area contributed by atoms with E-state index in [2.05, 4.69) is 15.7 Å². The smallest absolute Gasteiger partial charge is 0.307 e. The van der Waals surface area contributed by atoms with Crippen LogP contribution < -0.4 is 10.6 Å². The van der Waals surface area contributed by atoms with Crippen LogP contribution in [0.1, 0.15) is 5.56 Å². The molecule has 25 heavy (non-hydrogen) atoms. The summed E-state index contributed by atoms with van der Waals surface area (Å²) in [5, 5.41) is 20.1. The van der Waals surface area contributed by atoms with Crippen LogP contribution in [0.3, 0.4) is 0 Å². The molecule has 0 spiro atoms. The molecular formula is C17H15N5O3. The highest BCUT2D eigenvalue weighted by atomic mass is 16.6. The van der Waals surface area contributed by atoms with Gasteiger partial charge in [-0.25, -0.2) is 4.79 Å². The Morgan fingerprint density at radius 2 is 1.84 bits per heavy atom. The lowest BCUT2D eigenvalue weighted by atomic mass is 10.2. The number of nitrogens with zero attached hydrogens (tertiary/aromatic N) is 3. The highest BCUT2D eigenvalue weighted by Crippen LogP contribution is 2.17. The normalized spacial score (nSPS) is 10.2. The average Bonchev–Trinajstić information content (AvgIpc) is 3.02. The fourth-order valence-electron chi connectivity index (χ4n) is 2.28. The second-order valence-electron chi connectivity index (χ2n) is 5.30. The molecule has 8 heteroatoms. The first-order valence-electron chi connectivity index (χ1n) is 7.49. The number of hydrogen-bond acceptors (Lipinski definition) is 4. The number of anilines is 2. The van der Waals surface area contributed by atoms with Gasteiger partial charge in [-0.3, -0.25) is 14.8 Å². The maximum atomic E-state index is 12.0. The molecular weight excluding hydrogens is 322 g/mol. The van der Waals surface area contributed by atoms with Crippen LogP contribution >= 0.6 is 0 Å². The van der Waals surface area contributed by atoms with E-state index in [1.54, 1.807) is 16.9 Å². The van der Waals surface area contributed by atoms with Crippen molar-refractivity contribution < 1.29 is 9.72 Å². The Labute approximate surface area is 143 Å². The average molecular weight is 337 g/mol. The molecule has 0 bridgehead atoms. The molecule has 126 valence electrons. The fourth-order valence-corrected chi connectivity index (χ4v) is 2.28. The lowest BCUT2D eigenvalue weighted by Gasteiger charge is -2.05. The molecule has 1 aromatic heterocycles. The van der Waals surface area contributed by atoms with Gasteiger partial charge in [0.05, 0.1) is 23.4 Å². The first kappa shape index (κ1) is 16.2. The van der Waals surface area contributed by atoms with E-state index in [0.29, 0.717) is 17.9 Å². The van der Waals surface area contributed by atoms with E-state index in [0.717, 1.165) is 5.56 Å². The molecule has 0 fully saturated rings. The molecule has 0 aliphatic heterocycles. The van der Waals surface area contributed by atoms with E-state index < -0.39 is 11.0 Å². The molecule has 0 radical (unpaired) electrons. The number of nitro groups is 1. The van der Waals surface area contributed by atoms with E-state index in [1.165, 1.54) is 24.4 Å². The van der Waals surface area contributed by atoms with Gasteiger partial charge in [0.15, 0.2) is 0 Å². The Kier molecular flexibility index (Phi) is 4.70. The van der Waals surface area contributed by atoms with Gasteiger partial charge < -0.3 is 10.6 Å². The molecule has 3 aromatic rings. The second-order valence-corrected chi connectivity index (χ2v) is 5.30. The van der Waals surface area contributed by atoms with E-state index in [9.17, 15) is 14.9 Å². The first-order valence-corrected chi connectivity index (χ1v) is 7.49. The number of carbonyl (C=O) groups excluding carboxylic acids is 1. The summed E-state index contributed by atoms with van der Waals surface area (Å²) in [5.74, 6) is 0. The summed E-state index contributed by atoms with van der Waals surface area (Å²) >= 11 is 0. The molecule has 8 nitrogen and oxygen atoms in total. The summed E-state index contributed by atoms with van der Waals surface area (Å²) < 4.78 is 1.71. The minimum atomic E-state index is -0.517. The third-order valence-electron chi connectivity index (χ3n) is 3.39. The zero-order valence-electron chi connectivity index (χ0n) is 13.1. The molecule has 2 aromatic carbocycles. The topological polar surface area (TPSA) is 102 Å². The second kappa shape index (κ2) is 7.26. The van der Waals surface area contributed by atoms with E-state index >= 15 is 0 Å². The molecule has 0 atom stereocenters. The molecule has 0 saturated carbocycles. The standard InChI is InChI=1S/C17H15N5O3/c23-17(19-14-7-4-8-16(9-14)22(24)25)20-15-10-18-21(12-15)11-13-5-2-1-3-6-13/h1-10,12H,11H2,(H2,19,20,23). The van der Waals surface area contributed by atoms with Crippen LogP contribution in [-0.4, -0.2) is 20.7 Å². The molecule has 2 amide bonds. The third kappa shape index (κ3) is 4.41. The maximum Gasteiger partial charge on any atom is 0.323 e. The Hall–Kier alpha value is -3.68. The number of carbonyl (C=O) groups is 1. The van der Waals surface area contributed by atoms with Crippen molar-refractivity contribution in [3.63, 3.8) is 0 Å². The van der Waals surface area contributed by atoms with Gasteiger partial charge in [-0.1, -0.05) is 36.4 Å². The quantitative estimate of drug-likeness (QED) is 0.549. The van der Waals surface area contributed by atoms with Gasteiger partial charge in [0, 0.05) is 24.0 Å². The minimum Gasteiger partial charge on any atom is -0.307 e. The molecule has 0 saturated heterocycles. The van der Waals surface area contributed by atoms with Crippen LogP contribution in [0.5, 0.6) is 0 Å². The number of rotatable bonds is 5. The maximum absolute atomic E-state index is 12.0. The van der Waals surface area contributed by atoms with Crippen molar-refractivity contribution in [1.29, 1.82) is 0 Å². The van der Waals surface area contributed by atoms with Crippen LogP contribution in [0, 0.1) is 10.1 Å². The first-order chi connectivity index (χ1) is 12.1. The summed E-state index contributed by atoms with van der Waals surface area (Å²) in [6.07, 6.45) is 3.25. The van der Waals surface area contributed by atoms with Crippen molar-refractivity contribution in [2.75, 3.05) is 10.6 Å². The van der Waals surface area contributed by atoms with Gasteiger partial charge in [-0.2, -0.15) is 5.10 Å². The highest BCUT2D eigenvalue weighted by molar-refractivity contribution is 5.99. The zero-order chi connectivity index (χ0) is 17.6. The number of hydrogen-bond donors (Lipinski definition) is 2. The van der Waals surface area contributed by atoms with E-state index in [-0.39, 0.29) is 5.69 Å². The summed E-state index contributed by atoms with van der Waals surface area (Å²) in [7, 11) is 0. The Bertz CT molecular complexity index is 892. The van der Waals surface area contributed by atoms with Crippen LogP contribution in [0.15, 0.2) is 67.0 Å². The van der Waals surface area contributed by atoms with Crippen molar-refractivity contribution in [1.82, 2.24) is 9.78 Å². The SMILES string of the molecule is O=C(Nc1cccc([N+](=O)[O-])c1)Nc1cnn(Cc2ccccc2)c1. The zero-order valence-corrected chi connectivity index (χ0v) is 13.1. The van der Waals surface area contributed by atoms with Crippen molar-refractivity contribution >= 4 is 23.1 Å². The number of urea groups is 1. The lowest BCUT2D eigenvalue weighted by Crippen LogP contribution is -2.19. The van der Waals surface area contributed by atoms with Gasteiger partial charge in [0.2, 0.25) is 0 Å². The number of nitro benzene ring substituents is 1. The summed E-state index contributed by atoms with van der Waals surface area (Å²) in [6.45, 7) is 0.592. The highest BCUT2D eigenvalue weighted by Gasteiger charge is 2.09. The van der Waals surface area contributed by atoms with Gasteiger partial charge >= 0.3 is 6.03 Å². The fraction of sp³-hybridized carbons (Fsp3) is 0.0588. The van der Waals surface area contributed by atoms with E-state index in [1.807, 2.05) is 30.3 Å². The van der Waals surface area contributed by atoms with Crippen LogP contribution in [0.2, 0.25) is 0 Å². The molecule has 3 rings (SSSR count).